The molecular formula is C57H57N5O11S. The van der Waals surface area contributed by atoms with Gasteiger partial charge in [0.1, 0.15) is 13.2 Å². The van der Waals surface area contributed by atoms with Crippen LogP contribution in [-0.4, -0.2) is 90.3 Å². The molecule has 5 aliphatic rings. The third-order valence-electron chi connectivity index (χ3n) is 13.8. The molecule has 17 heteroatoms. The average Bonchev–Trinajstić information content (AvgIpc) is 4.00. The van der Waals surface area contributed by atoms with E-state index >= 15 is 0 Å². The van der Waals surface area contributed by atoms with E-state index in [-0.39, 0.29) is 61.1 Å². The third-order valence-corrected chi connectivity index (χ3v) is 15.0. The first kappa shape index (κ1) is 50.1. The summed E-state index contributed by atoms with van der Waals surface area (Å²) in [6, 6.07) is 28.5. The van der Waals surface area contributed by atoms with Gasteiger partial charge in [-0.25, -0.2) is 4.79 Å². The second-order valence-corrected chi connectivity index (χ2v) is 21.9. The molecule has 0 bridgehead atoms. The number of fused-ring (bicyclic) bond motifs is 8. The number of benzene rings is 5. The molecule has 5 aromatic rings. The summed E-state index contributed by atoms with van der Waals surface area (Å²) in [5, 5.41) is 0.561. The molecule has 10 rings (SSSR count). The molecule has 2 atom stereocenters. The van der Waals surface area contributed by atoms with Crippen molar-refractivity contribution >= 4 is 76.5 Å². The first-order valence-electron chi connectivity index (χ1n) is 24.7. The standard InChI is InChI=1S/C57H57N5O11S/c1-56(2,18-17-53(65)73-62-51(63)15-16-52(62)64)72-20-19-57(3,4)74-40-22-34(32-70-49-28-43-41(26-47(49)68-5)54(66)60-38(30-58-43)24-36-11-7-9-13-45(36)60)21-35(23-40)33-71-50-29-44-42(27-48(50)69-6)55(67)61-39(31-59-44)25-37-12-8-10-14-46(37)61/h7-14,21-23,26-31,38-39H,15-20,24-25,32-33H2,1-6H3/t38-,39-/m0/s1. The number of carbonyl (C=O) groups excluding carboxylic acids is 5. The van der Waals surface area contributed by atoms with Gasteiger partial charge in [0.05, 0.1) is 60.8 Å². The molecule has 0 spiro atoms. The number of anilines is 2. The molecular weight excluding hydrogens is 963 g/mol. The van der Waals surface area contributed by atoms with Crippen LogP contribution >= 0.6 is 11.8 Å². The Morgan fingerprint density at radius 1 is 0.649 bits per heavy atom. The highest BCUT2D eigenvalue weighted by Crippen LogP contribution is 2.44. The zero-order chi connectivity index (χ0) is 51.9. The number of ether oxygens (including phenoxy) is 5. The number of imide groups is 1. The molecule has 0 N–H and O–H groups in total. The Morgan fingerprint density at radius 3 is 1.65 bits per heavy atom. The molecule has 0 saturated carbocycles. The number of hydrogen-bond acceptors (Lipinski definition) is 14. The van der Waals surface area contributed by atoms with Gasteiger partial charge in [0, 0.05) is 77.9 Å². The van der Waals surface area contributed by atoms with Crippen molar-refractivity contribution in [2.24, 2.45) is 9.98 Å². The van der Waals surface area contributed by atoms with E-state index in [1.807, 2.05) is 80.9 Å². The Kier molecular flexibility index (Phi) is 13.8. The molecule has 1 fully saturated rings. The van der Waals surface area contributed by atoms with Crippen LogP contribution in [0.4, 0.5) is 22.7 Å². The smallest absolute Gasteiger partial charge is 0.333 e. The highest BCUT2D eigenvalue weighted by molar-refractivity contribution is 8.00. The summed E-state index contributed by atoms with van der Waals surface area (Å²) in [5.74, 6) is -0.385. The molecule has 1 saturated heterocycles. The summed E-state index contributed by atoms with van der Waals surface area (Å²) < 4.78 is 30.7. The summed E-state index contributed by atoms with van der Waals surface area (Å²) >= 11 is 1.66. The molecule has 0 unspecified atom stereocenters. The van der Waals surface area contributed by atoms with Gasteiger partial charge in [-0.1, -0.05) is 50.2 Å². The van der Waals surface area contributed by atoms with E-state index in [1.54, 1.807) is 60.0 Å². The number of rotatable bonds is 18. The van der Waals surface area contributed by atoms with Crippen molar-refractivity contribution in [2.75, 3.05) is 30.6 Å². The number of hydrogen-bond donors (Lipinski definition) is 0. The molecule has 0 aliphatic carbocycles. The molecule has 5 aliphatic heterocycles. The molecule has 5 heterocycles. The summed E-state index contributed by atoms with van der Waals surface area (Å²) in [7, 11) is 3.09. The number of nitrogens with zero attached hydrogens (tertiary/aromatic N) is 5. The van der Waals surface area contributed by atoms with E-state index in [9.17, 15) is 24.0 Å². The number of carbonyl (C=O) groups is 5. The summed E-state index contributed by atoms with van der Waals surface area (Å²) in [6.07, 6.45) is 5.99. The maximum absolute atomic E-state index is 14.1. The summed E-state index contributed by atoms with van der Waals surface area (Å²) in [4.78, 5) is 83.8. The molecule has 382 valence electrons. The van der Waals surface area contributed by atoms with Gasteiger partial charge in [0.2, 0.25) is 0 Å². The SMILES string of the molecule is COc1cc2c(cc1OCc1cc(COc3cc4c(cc3OC)C(=O)N3c5ccccc5C[C@H]3C=N4)cc(SC(C)(C)CCOC(C)(C)CCC(=O)ON3C(=O)CCC3=O)c1)N=C[C@@H]1Cc3ccccc3N1C2=O. The minimum Gasteiger partial charge on any atom is -0.493 e. The predicted octanol–water partition coefficient (Wildman–Crippen LogP) is 9.88. The highest BCUT2D eigenvalue weighted by atomic mass is 32.2. The molecule has 16 nitrogen and oxygen atoms in total. The zero-order valence-corrected chi connectivity index (χ0v) is 43.0. The normalized spacial score (nSPS) is 17.5. The fourth-order valence-corrected chi connectivity index (χ4v) is 11.1. The Bertz CT molecular complexity index is 2970. The van der Waals surface area contributed by atoms with E-state index in [0.717, 1.165) is 38.5 Å². The van der Waals surface area contributed by atoms with Gasteiger partial charge in [-0.2, -0.15) is 0 Å². The number of amides is 4. The van der Waals surface area contributed by atoms with Crippen molar-refractivity contribution in [1.82, 2.24) is 5.06 Å². The first-order valence-corrected chi connectivity index (χ1v) is 25.5. The third kappa shape index (κ3) is 10.4. The molecule has 0 aromatic heterocycles. The van der Waals surface area contributed by atoms with Crippen molar-refractivity contribution in [2.45, 2.75) is 113 Å². The van der Waals surface area contributed by atoms with Crippen molar-refractivity contribution in [1.29, 1.82) is 0 Å². The number of para-hydroxylation sites is 2. The Hall–Kier alpha value is -7.50. The number of hydroxylamine groups is 2. The van der Waals surface area contributed by atoms with Gasteiger partial charge in [0.25, 0.3) is 23.6 Å². The van der Waals surface area contributed by atoms with E-state index in [4.69, 9.17) is 38.5 Å². The maximum atomic E-state index is 14.1. The van der Waals surface area contributed by atoms with Crippen LogP contribution in [0.15, 0.2) is 106 Å². The maximum Gasteiger partial charge on any atom is 0.333 e. The van der Waals surface area contributed by atoms with Crippen LogP contribution < -0.4 is 28.7 Å². The fourth-order valence-electron chi connectivity index (χ4n) is 9.88. The molecule has 0 radical (unpaired) electrons. The van der Waals surface area contributed by atoms with Gasteiger partial charge >= 0.3 is 5.97 Å². The second-order valence-electron chi connectivity index (χ2n) is 20.1. The van der Waals surface area contributed by atoms with E-state index in [1.165, 1.54) is 0 Å². The lowest BCUT2D eigenvalue weighted by Crippen LogP contribution is -2.37. The average molecular weight is 1020 g/mol. The van der Waals surface area contributed by atoms with Crippen LogP contribution in [0.25, 0.3) is 0 Å². The second kappa shape index (κ2) is 20.4. The first-order chi connectivity index (χ1) is 35.6. The van der Waals surface area contributed by atoms with Crippen LogP contribution in [0.3, 0.4) is 0 Å². The lowest BCUT2D eigenvalue weighted by molar-refractivity contribution is -0.198. The summed E-state index contributed by atoms with van der Waals surface area (Å²) in [5.41, 5.74) is 6.74. The number of methoxy groups -OCH3 is 2. The zero-order valence-electron chi connectivity index (χ0n) is 42.2. The molecule has 4 amide bonds. The van der Waals surface area contributed by atoms with E-state index in [2.05, 4.69) is 26.0 Å². The predicted molar refractivity (Wildman–Crippen MR) is 280 cm³/mol. The molecule has 74 heavy (non-hydrogen) atoms. The van der Waals surface area contributed by atoms with Crippen molar-refractivity contribution < 1.29 is 52.5 Å². The summed E-state index contributed by atoms with van der Waals surface area (Å²) in [6.45, 7) is 8.69. The van der Waals surface area contributed by atoms with Crippen molar-refractivity contribution in [3.8, 4) is 23.0 Å². The fraction of sp³-hybridized carbons (Fsp3) is 0.351. The quantitative estimate of drug-likeness (QED) is 0.0601. The minimum atomic E-state index is -0.699. The van der Waals surface area contributed by atoms with E-state index in [0.29, 0.717) is 82.9 Å². The van der Waals surface area contributed by atoms with Crippen LogP contribution in [0.1, 0.15) is 103 Å². The van der Waals surface area contributed by atoms with Gasteiger partial charge in [-0.15, -0.1) is 16.8 Å². The lowest BCUT2D eigenvalue weighted by Gasteiger charge is -2.29. The van der Waals surface area contributed by atoms with Crippen LogP contribution in [0, 0.1) is 0 Å². The minimum absolute atomic E-state index is 0.0304. The largest absolute Gasteiger partial charge is 0.493 e. The van der Waals surface area contributed by atoms with Crippen LogP contribution in [0.2, 0.25) is 0 Å². The number of aliphatic imine (C=N–C) groups is 2. The van der Waals surface area contributed by atoms with Gasteiger partial charge in [-0.3, -0.25) is 39.0 Å². The monoisotopic (exact) mass is 1020 g/mol. The van der Waals surface area contributed by atoms with Crippen molar-refractivity contribution in [3.05, 3.63) is 124 Å². The Balaban J connectivity index is 0.869. The molecule has 5 aromatic carbocycles. The Labute approximate surface area is 433 Å². The van der Waals surface area contributed by atoms with Crippen LogP contribution in [0.5, 0.6) is 23.0 Å². The highest BCUT2D eigenvalue weighted by Gasteiger charge is 2.39. The van der Waals surface area contributed by atoms with Crippen molar-refractivity contribution in [3.63, 3.8) is 0 Å². The topological polar surface area (TPSA) is 175 Å². The lowest BCUT2D eigenvalue weighted by atomic mass is 10.0. The van der Waals surface area contributed by atoms with E-state index < -0.39 is 23.4 Å². The van der Waals surface area contributed by atoms with Gasteiger partial charge < -0.3 is 28.5 Å². The number of thioether (sulfide) groups is 1. The Morgan fingerprint density at radius 2 is 1.15 bits per heavy atom. The van der Waals surface area contributed by atoms with Gasteiger partial charge in [-0.05, 0) is 91.4 Å². The van der Waals surface area contributed by atoms with Gasteiger partial charge in [0.15, 0.2) is 23.0 Å². The van der Waals surface area contributed by atoms with Crippen LogP contribution in [-0.2, 0) is 50.0 Å².